The number of nitrogens with one attached hydrogen (secondary N) is 2. The second kappa shape index (κ2) is 6.47. The summed E-state index contributed by atoms with van der Waals surface area (Å²) in [7, 11) is 0. The van der Waals surface area contributed by atoms with Gasteiger partial charge in [-0.25, -0.2) is 4.79 Å². The quantitative estimate of drug-likeness (QED) is 0.707. The minimum Gasteiger partial charge on any atom is -0.481 e. The highest BCUT2D eigenvalue weighted by atomic mass is 32.2. The number of rotatable bonds is 4. The van der Waals surface area contributed by atoms with Gasteiger partial charge < -0.3 is 20.5 Å². The lowest BCUT2D eigenvalue weighted by Crippen LogP contribution is -2.51. The van der Waals surface area contributed by atoms with E-state index in [2.05, 4.69) is 10.6 Å². The fourth-order valence-electron chi connectivity index (χ4n) is 2.69. The van der Waals surface area contributed by atoms with Crippen LogP contribution in [0.25, 0.3) is 0 Å². The number of carbonyl (C=O) groups is 2. The predicted molar refractivity (Wildman–Crippen MR) is 72.3 cm³/mol. The SMILES string of the molecule is CSC1CCCC1NC(=O)NC1COCC1C(=O)O. The van der Waals surface area contributed by atoms with Gasteiger partial charge >= 0.3 is 12.0 Å². The van der Waals surface area contributed by atoms with Gasteiger partial charge in [-0.2, -0.15) is 11.8 Å². The molecule has 7 heteroatoms. The summed E-state index contributed by atoms with van der Waals surface area (Å²) in [6.07, 6.45) is 5.29. The van der Waals surface area contributed by atoms with E-state index in [0.717, 1.165) is 19.3 Å². The van der Waals surface area contributed by atoms with E-state index in [-0.39, 0.29) is 25.3 Å². The zero-order valence-electron chi connectivity index (χ0n) is 10.9. The molecule has 6 nitrogen and oxygen atoms in total. The maximum atomic E-state index is 11.9. The molecule has 0 aromatic carbocycles. The van der Waals surface area contributed by atoms with E-state index in [0.29, 0.717) is 5.25 Å². The van der Waals surface area contributed by atoms with Crippen LogP contribution in [-0.4, -0.2) is 53.9 Å². The molecular weight excluding hydrogens is 268 g/mol. The molecule has 0 spiro atoms. The van der Waals surface area contributed by atoms with Gasteiger partial charge in [0, 0.05) is 11.3 Å². The van der Waals surface area contributed by atoms with Crippen LogP contribution in [0.15, 0.2) is 0 Å². The smallest absolute Gasteiger partial charge is 0.315 e. The molecule has 2 amide bonds. The van der Waals surface area contributed by atoms with Crippen molar-refractivity contribution < 1.29 is 19.4 Å². The Morgan fingerprint density at radius 2 is 1.95 bits per heavy atom. The lowest BCUT2D eigenvalue weighted by Gasteiger charge is -2.22. The molecule has 0 aromatic heterocycles. The van der Waals surface area contributed by atoms with Crippen LogP contribution < -0.4 is 10.6 Å². The summed E-state index contributed by atoms with van der Waals surface area (Å²) in [5.41, 5.74) is 0. The Morgan fingerprint density at radius 3 is 2.63 bits per heavy atom. The number of urea groups is 1. The van der Waals surface area contributed by atoms with Gasteiger partial charge in [0.1, 0.15) is 5.92 Å². The standard InChI is InChI=1S/C12H20N2O4S/c1-19-10-4-2-3-8(10)13-12(17)14-9-6-18-5-7(9)11(15)16/h7-10H,2-6H2,1H3,(H,15,16)(H2,13,14,17). The van der Waals surface area contributed by atoms with Gasteiger partial charge in [0.15, 0.2) is 0 Å². The molecule has 2 rings (SSSR count). The number of aliphatic carboxylic acids is 1. The Balaban J connectivity index is 1.82. The first-order chi connectivity index (χ1) is 9.11. The second-order valence-electron chi connectivity index (χ2n) is 5.02. The van der Waals surface area contributed by atoms with E-state index in [1.165, 1.54) is 0 Å². The second-order valence-corrected chi connectivity index (χ2v) is 6.09. The molecule has 19 heavy (non-hydrogen) atoms. The normalized spacial score (nSPS) is 34.2. The molecule has 1 saturated carbocycles. The Morgan fingerprint density at radius 1 is 1.21 bits per heavy atom. The van der Waals surface area contributed by atoms with Crippen LogP contribution >= 0.6 is 11.8 Å². The summed E-state index contributed by atoms with van der Waals surface area (Å²) in [6, 6.07) is -0.542. The Kier molecular flexibility index (Phi) is 4.93. The molecule has 3 N–H and O–H groups in total. The fraction of sp³-hybridized carbons (Fsp3) is 0.833. The molecular formula is C12H20N2O4S. The highest BCUT2D eigenvalue weighted by Gasteiger charge is 2.36. The zero-order valence-corrected chi connectivity index (χ0v) is 11.7. The molecule has 4 unspecified atom stereocenters. The van der Waals surface area contributed by atoms with Gasteiger partial charge in [0.2, 0.25) is 0 Å². The van der Waals surface area contributed by atoms with E-state index >= 15 is 0 Å². The first-order valence-corrected chi connectivity index (χ1v) is 7.81. The van der Waals surface area contributed by atoms with Crippen LogP contribution in [0.3, 0.4) is 0 Å². The van der Waals surface area contributed by atoms with Crippen LogP contribution in [0.4, 0.5) is 4.79 Å². The summed E-state index contributed by atoms with van der Waals surface area (Å²) >= 11 is 1.77. The third-order valence-electron chi connectivity index (χ3n) is 3.79. The number of hydrogen-bond donors (Lipinski definition) is 3. The van der Waals surface area contributed by atoms with Crippen molar-refractivity contribution in [1.82, 2.24) is 10.6 Å². The largest absolute Gasteiger partial charge is 0.481 e. The minimum atomic E-state index is -0.925. The Bertz CT molecular complexity index is 353. The van der Waals surface area contributed by atoms with Crippen LogP contribution in [0.1, 0.15) is 19.3 Å². The average molecular weight is 288 g/mol. The van der Waals surface area contributed by atoms with Gasteiger partial charge in [-0.05, 0) is 19.1 Å². The maximum absolute atomic E-state index is 11.9. The number of amides is 2. The first kappa shape index (κ1) is 14.5. The van der Waals surface area contributed by atoms with E-state index in [9.17, 15) is 9.59 Å². The molecule has 1 saturated heterocycles. The van der Waals surface area contributed by atoms with Crippen molar-refractivity contribution in [2.75, 3.05) is 19.5 Å². The van der Waals surface area contributed by atoms with Gasteiger partial charge in [0.25, 0.3) is 0 Å². The Hall–Kier alpha value is -0.950. The van der Waals surface area contributed by atoms with Crippen LogP contribution in [0.2, 0.25) is 0 Å². The number of thioether (sulfide) groups is 1. The van der Waals surface area contributed by atoms with Crippen molar-refractivity contribution in [3.8, 4) is 0 Å². The maximum Gasteiger partial charge on any atom is 0.315 e. The molecule has 2 fully saturated rings. The molecule has 4 atom stereocenters. The third-order valence-corrected chi connectivity index (χ3v) is 4.96. The van der Waals surface area contributed by atoms with Crippen molar-refractivity contribution >= 4 is 23.8 Å². The van der Waals surface area contributed by atoms with Crippen molar-refractivity contribution in [2.24, 2.45) is 5.92 Å². The predicted octanol–water partition coefficient (Wildman–Crippen LogP) is 0.669. The zero-order chi connectivity index (χ0) is 13.8. The highest BCUT2D eigenvalue weighted by molar-refractivity contribution is 7.99. The summed E-state index contributed by atoms with van der Waals surface area (Å²) < 4.78 is 5.12. The lowest BCUT2D eigenvalue weighted by atomic mass is 10.0. The number of ether oxygens (including phenoxy) is 1. The highest BCUT2D eigenvalue weighted by Crippen LogP contribution is 2.28. The van der Waals surface area contributed by atoms with Crippen molar-refractivity contribution in [2.45, 2.75) is 36.6 Å². The topological polar surface area (TPSA) is 87.7 Å². The Labute approximate surface area is 116 Å². The van der Waals surface area contributed by atoms with Crippen molar-refractivity contribution in [1.29, 1.82) is 0 Å². The number of carboxylic acids is 1. The number of carbonyl (C=O) groups excluding carboxylic acids is 1. The van der Waals surface area contributed by atoms with Gasteiger partial charge in [-0.3, -0.25) is 4.79 Å². The molecule has 0 aromatic rings. The number of carboxylic acid groups (broad SMARTS) is 1. The van der Waals surface area contributed by atoms with Gasteiger partial charge in [0.05, 0.1) is 19.3 Å². The summed E-state index contributed by atoms with van der Waals surface area (Å²) in [4.78, 5) is 22.9. The van der Waals surface area contributed by atoms with E-state index in [1.54, 1.807) is 11.8 Å². The van der Waals surface area contributed by atoms with E-state index < -0.39 is 17.9 Å². The number of hydrogen-bond acceptors (Lipinski definition) is 4. The lowest BCUT2D eigenvalue weighted by molar-refractivity contribution is -0.142. The molecule has 1 heterocycles. The van der Waals surface area contributed by atoms with Gasteiger partial charge in [-0.1, -0.05) is 6.42 Å². The summed E-state index contributed by atoms with van der Waals surface area (Å²) in [5.74, 6) is -1.57. The molecule has 108 valence electrons. The van der Waals surface area contributed by atoms with Crippen LogP contribution in [0, 0.1) is 5.92 Å². The van der Waals surface area contributed by atoms with Gasteiger partial charge in [-0.15, -0.1) is 0 Å². The first-order valence-electron chi connectivity index (χ1n) is 6.52. The third kappa shape index (κ3) is 3.54. The fourth-order valence-corrected chi connectivity index (χ4v) is 3.63. The summed E-state index contributed by atoms with van der Waals surface area (Å²) in [6.45, 7) is 0.429. The van der Waals surface area contributed by atoms with Crippen LogP contribution in [0.5, 0.6) is 0 Å². The molecule has 0 bridgehead atoms. The van der Waals surface area contributed by atoms with Crippen molar-refractivity contribution in [3.63, 3.8) is 0 Å². The molecule has 2 aliphatic rings. The van der Waals surface area contributed by atoms with Crippen LogP contribution in [-0.2, 0) is 9.53 Å². The molecule has 0 radical (unpaired) electrons. The summed E-state index contributed by atoms with van der Waals surface area (Å²) in [5, 5.41) is 15.1. The van der Waals surface area contributed by atoms with Crippen molar-refractivity contribution in [3.05, 3.63) is 0 Å². The average Bonchev–Trinajstić information content (AvgIpc) is 2.97. The minimum absolute atomic E-state index is 0.164. The monoisotopic (exact) mass is 288 g/mol. The molecule has 1 aliphatic heterocycles. The van der Waals surface area contributed by atoms with E-state index in [1.807, 2.05) is 6.26 Å². The van der Waals surface area contributed by atoms with E-state index in [4.69, 9.17) is 9.84 Å². The molecule has 1 aliphatic carbocycles.